The summed E-state index contributed by atoms with van der Waals surface area (Å²) in [7, 11) is 0. The summed E-state index contributed by atoms with van der Waals surface area (Å²) < 4.78 is 30.9. The van der Waals surface area contributed by atoms with Crippen LogP contribution in [-0.2, 0) is 4.79 Å². The fourth-order valence-corrected chi connectivity index (χ4v) is 4.55. The fourth-order valence-electron chi connectivity index (χ4n) is 4.55. The average molecular weight is 447 g/mol. The molecule has 3 heterocycles. The Morgan fingerprint density at radius 3 is 2.33 bits per heavy atom. The number of hydrogen-bond donors (Lipinski definition) is 0. The molecule has 33 heavy (non-hydrogen) atoms. The minimum atomic E-state index is -0.472. The van der Waals surface area contributed by atoms with E-state index in [1.165, 1.54) is 12.1 Å². The quantitative estimate of drug-likeness (QED) is 0.454. The number of carbonyl (C=O) groups is 1. The number of carbonyl (C=O) groups excluding carboxylic acids is 1. The predicted molar refractivity (Wildman–Crippen MR) is 123 cm³/mol. The molecule has 1 atom stereocenters. The van der Waals surface area contributed by atoms with E-state index < -0.39 is 5.92 Å². The van der Waals surface area contributed by atoms with Gasteiger partial charge in [0.2, 0.25) is 5.91 Å². The van der Waals surface area contributed by atoms with Gasteiger partial charge in [-0.2, -0.15) is 0 Å². The summed E-state index contributed by atoms with van der Waals surface area (Å²) in [5, 5.41) is 0. The van der Waals surface area contributed by atoms with E-state index in [-0.39, 0.29) is 24.0 Å². The highest BCUT2D eigenvalue weighted by molar-refractivity contribution is 5.78. The lowest BCUT2D eigenvalue weighted by Gasteiger charge is -2.36. The summed E-state index contributed by atoms with van der Waals surface area (Å²) in [6, 6.07) is 18.9. The summed E-state index contributed by atoms with van der Waals surface area (Å²) >= 11 is 0. The van der Waals surface area contributed by atoms with Crippen molar-refractivity contribution >= 4 is 17.2 Å². The van der Waals surface area contributed by atoms with Crippen LogP contribution in [0.4, 0.5) is 14.5 Å². The summed E-state index contributed by atoms with van der Waals surface area (Å²) in [6.45, 7) is 2.08. The van der Waals surface area contributed by atoms with Gasteiger partial charge >= 0.3 is 0 Å². The summed E-state index contributed by atoms with van der Waals surface area (Å²) in [5.74, 6) is -1.13. The summed E-state index contributed by atoms with van der Waals surface area (Å²) in [5.41, 5.74) is 2.55. The fraction of sp³-hybridized carbons (Fsp3) is 0.231. The molecule has 0 N–H and O–H groups in total. The number of piperazine rings is 1. The first-order valence-electron chi connectivity index (χ1n) is 11.1. The van der Waals surface area contributed by atoms with Gasteiger partial charge < -0.3 is 14.2 Å². The molecule has 2 aromatic carbocycles. The molecule has 4 aromatic rings. The Kier molecular flexibility index (Phi) is 5.77. The molecule has 7 heteroatoms. The van der Waals surface area contributed by atoms with Gasteiger partial charge in [-0.05, 0) is 35.9 Å². The monoisotopic (exact) mass is 446 g/mol. The Hall–Kier alpha value is -3.74. The van der Waals surface area contributed by atoms with Gasteiger partial charge in [-0.15, -0.1) is 0 Å². The van der Waals surface area contributed by atoms with Crippen LogP contribution < -0.4 is 4.90 Å². The minimum Gasteiger partial charge on any atom is -0.366 e. The second-order valence-electron chi connectivity index (χ2n) is 8.21. The highest BCUT2D eigenvalue weighted by atomic mass is 19.1. The normalized spacial score (nSPS) is 15.1. The first kappa shape index (κ1) is 21.1. The van der Waals surface area contributed by atoms with E-state index in [0.29, 0.717) is 37.4 Å². The highest BCUT2D eigenvalue weighted by Gasteiger charge is 2.28. The molecule has 1 aliphatic heterocycles. The lowest BCUT2D eigenvalue weighted by Crippen LogP contribution is -2.49. The lowest BCUT2D eigenvalue weighted by atomic mass is 9.91. The number of nitrogens with zero attached hydrogens (tertiary/aromatic N) is 4. The molecule has 2 aromatic heterocycles. The SMILES string of the molecule is O=C(CC(c1ccccc1F)c1cnc2ccccn12)N1CCN(c2ccccc2F)CC1. The van der Waals surface area contributed by atoms with Crippen molar-refractivity contribution in [2.45, 2.75) is 12.3 Å². The Morgan fingerprint density at radius 1 is 0.879 bits per heavy atom. The first-order chi connectivity index (χ1) is 16.1. The van der Waals surface area contributed by atoms with Crippen LogP contribution in [0.3, 0.4) is 0 Å². The first-order valence-corrected chi connectivity index (χ1v) is 11.1. The van der Waals surface area contributed by atoms with Crippen LogP contribution in [0, 0.1) is 11.6 Å². The van der Waals surface area contributed by atoms with Gasteiger partial charge in [0, 0.05) is 50.9 Å². The van der Waals surface area contributed by atoms with Crippen LogP contribution in [0.15, 0.2) is 79.1 Å². The molecular formula is C26H24F2N4O. The molecule has 1 unspecified atom stereocenters. The largest absolute Gasteiger partial charge is 0.366 e. The topological polar surface area (TPSA) is 40.9 Å². The molecule has 1 amide bonds. The van der Waals surface area contributed by atoms with Gasteiger partial charge in [0.05, 0.1) is 11.4 Å². The summed E-state index contributed by atoms with van der Waals surface area (Å²) in [6.07, 6.45) is 3.72. The van der Waals surface area contributed by atoms with Gasteiger partial charge in [-0.1, -0.05) is 36.4 Å². The molecular weight excluding hydrogens is 422 g/mol. The minimum absolute atomic E-state index is 0.0534. The van der Waals surface area contributed by atoms with Crippen LogP contribution in [0.2, 0.25) is 0 Å². The van der Waals surface area contributed by atoms with Crippen LogP contribution in [0.25, 0.3) is 5.65 Å². The highest BCUT2D eigenvalue weighted by Crippen LogP contribution is 2.31. The molecule has 0 aliphatic carbocycles. The maximum atomic E-state index is 14.8. The Morgan fingerprint density at radius 2 is 1.58 bits per heavy atom. The van der Waals surface area contributed by atoms with E-state index in [1.54, 1.807) is 41.4 Å². The number of fused-ring (bicyclic) bond motifs is 1. The number of imidazole rings is 1. The van der Waals surface area contributed by atoms with Gasteiger partial charge in [-0.3, -0.25) is 4.79 Å². The van der Waals surface area contributed by atoms with Crippen molar-refractivity contribution in [2.75, 3.05) is 31.1 Å². The molecule has 0 bridgehead atoms. The lowest BCUT2D eigenvalue weighted by molar-refractivity contribution is -0.131. The molecule has 168 valence electrons. The smallest absolute Gasteiger partial charge is 0.223 e. The van der Waals surface area contributed by atoms with Crippen LogP contribution in [0.1, 0.15) is 23.6 Å². The van der Waals surface area contributed by atoms with E-state index in [1.807, 2.05) is 39.8 Å². The van der Waals surface area contributed by atoms with E-state index >= 15 is 0 Å². The molecule has 0 saturated carbocycles. The van der Waals surface area contributed by atoms with Crippen LogP contribution in [-0.4, -0.2) is 46.4 Å². The van der Waals surface area contributed by atoms with E-state index in [0.717, 1.165) is 11.3 Å². The number of pyridine rings is 1. The standard InChI is InChI=1S/C26H24F2N4O/c27-21-8-2-1-7-19(21)20(24-18-29-25-11-5-6-12-32(24)25)17-26(33)31-15-13-30(14-16-31)23-10-4-3-9-22(23)28/h1-12,18,20H,13-17H2. The zero-order valence-corrected chi connectivity index (χ0v) is 18.1. The van der Waals surface area contributed by atoms with Crippen molar-refractivity contribution in [1.82, 2.24) is 14.3 Å². The number of rotatable bonds is 5. The van der Waals surface area contributed by atoms with Crippen LogP contribution in [0.5, 0.6) is 0 Å². The number of aromatic nitrogens is 2. The van der Waals surface area contributed by atoms with Crippen molar-refractivity contribution in [1.29, 1.82) is 0 Å². The van der Waals surface area contributed by atoms with Gasteiger partial charge in [-0.25, -0.2) is 13.8 Å². The third-order valence-corrected chi connectivity index (χ3v) is 6.29. The maximum Gasteiger partial charge on any atom is 0.223 e. The Labute approximate surface area is 190 Å². The predicted octanol–water partition coefficient (Wildman–Crippen LogP) is 4.48. The van der Waals surface area contributed by atoms with Crippen molar-refractivity contribution in [3.8, 4) is 0 Å². The Balaban J connectivity index is 1.37. The molecule has 1 fully saturated rings. The number of anilines is 1. The van der Waals surface area contributed by atoms with Crippen molar-refractivity contribution in [3.63, 3.8) is 0 Å². The van der Waals surface area contributed by atoms with Crippen molar-refractivity contribution < 1.29 is 13.6 Å². The molecule has 5 rings (SSSR count). The van der Waals surface area contributed by atoms with Crippen molar-refractivity contribution in [2.24, 2.45) is 0 Å². The van der Waals surface area contributed by atoms with Gasteiger partial charge in [0.15, 0.2) is 0 Å². The molecule has 0 radical (unpaired) electrons. The van der Waals surface area contributed by atoms with Gasteiger partial charge in [0.1, 0.15) is 17.3 Å². The molecule has 1 saturated heterocycles. The van der Waals surface area contributed by atoms with E-state index in [4.69, 9.17) is 0 Å². The van der Waals surface area contributed by atoms with E-state index in [9.17, 15) is 13.6 Å². The molecule has 5 nitrogen and oxygen atoms in total. The maximum absolute atomic E-state index is 14.8. The Bertz CT molecular complexity index is 1280. The average Bonchev–Trinajstić information content (AvgIpc) is 3.27. The number of para-hydroxylation sites is 1. The van der Waals surface area contributed by atoms with Crippen molar-refractivity contribution in [3.05, 3.63) is 102 Å². The second kappa shape index (κ2) is 9.02. The number of benzene rings is 2. The number of hydrogen-bond acceptors (Lipinski definition) is 3. The third-order valence-electron chi connectivity index (χ3n) is 6.29. The van der Waals surface area contributed by atoms with Gasteiger partial charge in [0.25, 0.3) is 0 Å². The zero-order valence-electron chi connectivity index (χ0n) is 18.1. The number of halogens is 2. The molecule has 0 spiro atoms. The zero-order chi connectivity index (χ0) is 22.8. The third kappa shape index (κ3) is 4.18. The van der Waals surface area contributed by atoms with E-state index in [2.05, 4.69) is 4.98 Å². The van der Waals surface area contributed by atoms with Crippen LogP contribution >= 0.6 is 0 Å². The molecule has 1 aliphatic rings. The summed E-state index contributed by atoms with van der Waals surface area (Å²) in [4.78, 5) is 21.5. The number of amides is 1. The second-order valence-corrected chi connectivity index (χ2v) is 8.21.